The van der Waals surface area contributed by atoms with Crippen LogP contribution in [0.15, 0.2) is 55.6 Å². The van der Waals surface area contributed by atoms with Gasteiger partial charge in [-0.05, 0) is 58.9 Å². The van der Waals surface area contributed by atoms with Crippen LogP contribution < -0.4 is 11.1 Å². The number of aliphatic hydroxyl groups excluding tert-OH is 1. The number of hydrogen-bond donors (Lipinski definition) is 4. The number of nitrogens with one attached hydrogen (secondary N) is 1. The molecule has 0 bridgehead atoms. The molecule has 0 aliphatic heterocycles. The molecule has 0 heterocycles. The second-order valence-corrected chi connectivity index (χ2v) is 9.42. The number of carboxylic acid groups (broad SMARTS) is 1. The van der Waals surface area contributed by atoms with Crippen LogP contribution in [0.5, 0.6) is 0 Å². The van der Waals surface area contributed by atoms with Gasteiger partial charge in [0.25, 0.3) is 0 Å². The van der Waals surface area contributed by atoms with Gasteiger partial charge in [-0.25, -0.2) is 9.59 Å². The van der Waals surface area contributed by atoms with Crippen molar-refractivity contribution in [2.24, 2.45) is 5.73 Å². The molecule has 0 aliphatic carbocycles. The molecule has 0 fully saturated rings. The van der Waals surface area contributed by atoms with Gasteiger partial charge in [-0.1, -0.05) is 42.5 Å². The molecule has 202 valence electrons. The number of alkyl carbamates (subject to hydrolysis) is 1. The summed E-state index contributed by atoms with van der Waals surface area (Å²) in [6.45, 7) is 14.1. The lowest BCUT2D eigenvalue weighted by Crippen LogP contribution is -2.47. The molecule has 9 nitrogen and oxygen atoms in total. The van der Waals surface area contributed by atoms with Crippen molar-refractivity contribution >= 4 is 18.0 Å². The normalized spacial score (nSPS) is 14.1. The monoisotopic (exact) mass is 505 g/mol. The van der Waals surface area contributed by atoms with E-state index < -0.39 is 35.9 Å². The van der Waals surface area contributed by atoms with E-state index in [1.54, 1.807) is 40.0 Å². The highest BCUT2D eigenvalue weighted by Gasteiger charge is 2.27. The van der Waals surface area contributed by atoms with Gasteiger partial charge in [0.15, 0.2) is 0 Å². The highest BCUT2D eigenvalue weighted by Crippen LogP contribution is 2.20. The zero-order valence-corrected chi connectivity index (χ0v) is 22.1. The van der Waals surface area contributed by atoms with E-state index in [0.717, 1.165) is 5.56 Å². The summed E-state index contributed by atoms with van der Waals surface area (Å²) in [4.78, 5) is 35.8. The van der Waals surface area contributed by atoms with Gasteiger partial charge in [0.05, 0.1) is 18.2 Å². The lowest BCUT2D eigenvalue weighted by atomic mass is 10.0. The first-order valence-corrected chi connectivity index (χ1v) is 11.9. The molecule has 0 saturated carbocycles. The molecule has 0 aromatic heterocycles. The molecule has 9 heteroatoms. The summed E-state index contributed by atoms with van der Waals surface area (Å²) in [5, 5.41) is 21.5. The van der Waals surface area contributed by atoms with E-state index in [9.17, 15) is 19.5 Å². The van der Waals surface area contributed by atoms with Crippen LogP contribution >= 0.6 is 0 Å². The first-order valence-electron chi connectivity index (χ1n) is 11.9. The Hall–Kier alpha value is -3.17. The first-order chi connectivity index (χ1) is 16.7. The zero-order chi connectivity index (χ0) is 27.9. The van der Waals surface area contributed by atoms with Gasteiger partial charge in [-0.3, -0.25) is 4.79 Å². The van der Waals surface area contributed by atoms with Crippen LogP contribution in [0.1, 0.15) is 65.0 Å². The summed E-state index contributed by atoms with van der Waals surface area (Å²) in [6.07, 6.45) is 4.00. The highest BCUT2D eigenvalue weighted by atomic mass is 16.6. The van der Waals surface area contributed by atoms with Crippen molar-refractivity contribution in [3.8, 4) is 0 Å². The molecule has 0 unspecified atom stereocenters. The van der Waals surface area contributed by atoms with Crippen molar-refractivity contribution in [3.05, 3.63) is 61.2 Å². The second-order valence-electron chi connectivity index (χ2n) is 9.42. The molecule has 1 aromatic carbocycles. The molecule has 0 saturated heterocycles. The minimum absolute atomic E-state index is 0.158. The third-order valence-electron chi connectivity index (χ3n) is 5.20. The van der Waals surface area contributed by atoms with Gasteiger partial charge in [0.2, 0.25) is 5.91 Å². The number of hydrogen-bond acceptors (Lipinski definition) is 6. The Bertz CT molecular complexity index is 838. The minimum atomic E-state index is -1.08. The summed E-state index contributed by atoms with van der Waals surface area (Å²) in [5.74, 6) is -1.23. The molecule has 2 amide bonds. The number of likely N-dealkylation sites (N-methyl/N-ethyl adjacent to an activating group) is 1. The van der Waals surface area contributed by atoms with Crippen LogP contribution in [0.2, 0.25) is 0 Å². The predicted molar refractivity (Wildman–Crippen MR) is 141 cm³/mol. The number of aliphatic carboxylic acids is 1. The van der Waals surface area contributed by atoms with E-state index in [-0.39, 0.29) is 11.9 Å². The molecule has 0 spiro atoms. The quantitative estimate of drug-likeness (QED) is 0.317. The average molecular weight is 506 g/mol. The Kier molecular flexibility index (Phi) is 15.0. The molecule has 0 aliphatic rings. The van der Waals surface area contributed by atoms with E-state index in [2.05, 4.69) is 18.5 Å². The number of ether oxygens (including phenoxy) is 1. The van der Waals surface area contributed by atoms with Crippen LogP contribution in [0.4, 0.5) is 4.79 Å². The molecule has 4 atom stereocenters. The number of nitrogens with two attached hydrogens (primary N) is 1. The van der Waals surface area contributed by atoms with Crippen molar-refractivity contribution in [1.29, 1.82) is 0 Å². The van der Waals surface area contributed by atoms with Crippen LogP contribution in [-0.4, -0.2) is 63.9 Å². The second kappa shape index (κ2) is 16.5. The van der Waals surface area contributed by atoms with Gasteiger partial charge in [0.1, 0.15) is 11.6 Å². The number of carbonyl (C=O) groups excluding carboxylic acids is 2. The van der Waals surface area contributed by atoms with Crippen LogP contribution in [0.3, 0.4) is 0 Å². The zero-order valence-electron chi connectivity index (χ0n) is 22.1. The number of carboxylic acids is 1. The van der Waals surface area contributed by atoms with E-state index in [4.69, 9.17) is 15.6 Å². The summed E-state index contributed by atoms with van der Waals surface area (Å²) in [7, 11) is 1.67. The molecule has 5 N–H and O–H groups in total. The Morgan fingerprint density at radius 2 is 1.64 bits per heavy atom. The smallest absolute Gasteiger partial charge is 0.408 e. The van der Waals surface area contributed by atoms with Crippen molar-refractivity contribution in [2.45, 2.75) is 83.2 Å². The fraction of sp³-hybridized carbons (Fsp3) is 0.519. The fourth-order valence-corrected chi connectivity index (χ4v) is 3.02. The maximum absolute atomic E-state index is 12.2. The van der Waals surface area contributed by atoms with Gasteiger partial charge in [-0.15, -0.1) is 13.2 Å². The predicted octanol–water partition coefficient (Wildman–Crippen LogP) is 3.79. The Morgan fingerprint density at radius 3 is 2.11 bits per heavy atom. The summed E-state index contributed by atoms with van der Waals surface area (Å²) >= 11 is 0. The molecule has 1 aromatic rings. The Labute approximate surface area is 215 Å². The van der Waals surface area contributed by atoms with Crippen LogP contribution in [-0.2, 0) is 14.3 Å². The molecule has 0 radical (unpaired) electrons. The third kappa shape index (κ3) is 13.1. The molecular weight excluding hydrogens is 462 g/mol. The maximum atomic E-state index is 12.2. The number of rotatable bonds is 12. The number of carbonyl (C=O) groups is 3. The highest BCUT2D eigenvalue weighted by molar-refractivity contribution is 5.81. The summed E-state index contributed by atoms with van der Waals surface area (Å²) in [5.41, 5.74) is 6.02. The lowest BCUT2D eigenvalue weighted by Gasteiger charge is -2.31. The maximum Gasteiger partial charge on any atom is 0.408 e. The average Bonchev–Trinajstić information content (AvgIpc) is 2.82. The van der Waals surface area contributed by atoms with Gasteiger partial charge >= 0.3 is 12.1 Å². The van der Waals surface area contributed by atoms with Crippen molar-refractivity contribution in [2.75, 3.05) is 7.05 Å². The van der Waals surface area contributed by atoms with Crippen LogP contribution in [0, 0.1) is 0 Å². The van der Waals surface area contributed by atoms with E-state index >= 15 is 0 Å². The van der Waals surface area contributed by atoms with Gasteiger partial charge in [0, 0.05) is 7.05 Å². The number of aliphatic hydroxyl groups is 1. The Morgan fingerprint density at radius 1 is 1.11 bits per heavy atom. The Balaban J connectivity index is 0.000000700. The molecule has 36 heavy (non-hydrogen) atoms. The number of allylic oxidation sites excluding steroid dienone is 2. The number of benzene rings is 1. The van der Waals surface area contributed by atoms with Crippen molar-refractivity contribution < 1.29 is 29.3 Å². The lowest BCUT2D eigenvalue weighted by molar-refractivity contribution is -0.139. The fourth-order valence-electron chi connectivity index (χ4n) is 3.02. The standard InChI is InChI=1S/C16H24N2O2.C11H19NO4/c1-4-5-11-14(17)16(20)18(3)12(2)15(19)13-9-7-6-8-10-13;1-5-6-7-8(9(13)14)12-10(15)16-11(2,3)4/h4,6-10,12,14-15,19H,1,5,11,17H2,2-3H3;5,8H,1,6-7H2,2-4H3,(H,12,15)(H,13,14)/t12-,14+,15+;8-/m10/s1. The first kappa shape index (κ1) is 32.8. The SMILES string of the molecule is C=CCC[C@H](N)C(=O)N(C)[C@H](C)[C@H](O)c1ccccc1.C=CCC[C@H](NC(=O)OC(C)(C)C)C(=O)O. The number of amides is 2. The van der Waals surface area contributed by atoms with Crippen LogP contribution in [0.25, 0.3) is 0 Å². The molecular formula is C27H43N3O6. The van der Waals surface area contributed by atoms with E-state index in [1.807, 2.05) is 37.3 Å². The van der Waals surface area contributed by atoms with Gasteiger partial charge in [-0.2, -0.15) is 0 Å². The topological polar surface area (TPSA) is 142 Å². The molecule has 1 rings (SSSR count). The minimum Gasteiger partial charge on any atom is -0.480 e. The largest absolute Gasteiger partial charge is 0.480 e. The van der Waals surface area contributed by atoms with Crippen molar-refractivity contribution in [3.63, 3.8) is 0 Å². The van der Waals surface area contributed by atoms with E-state index in [0.29, 0.717) is 25.7 Å². The summed E-state index contributed by atoms with van der Waals surface area (Å²) < 4.78 is 4.96. The summed E-state index contributed by atoms with van der Waals surface area (Å²) in [6, 6.07) is 7.48. The van der Waals surface area contributed by atoms with E-state index in [1.165, 1.54) is 4.90 Å². The van der Waals surface area contributed by atoms with Crippen molar-refractivity contribution in [1.82, 2.24) is 10.2 Å². The third-order valence-corrected chi connectivity index (χ3v) is 5.20. The van der Waals surface area contributed by atoms with Gasteiger partial charge < -0.3 is 30.9 Å². The number of nitrogens with zero attached hydrogens (tertiary/aromatic N) is 1.